The van der Waals surface area contributed by atoms with Crippen LogP contribution in [0, 0.1) is 0 Å². The van der Waals surface area contributed by atoms with Crippen LogP contribution in [0.5, 0.6) is 11.5 Å². The molecule has 104 valence electrons. The van der Waals surface area contributed by atoms with Crippen molar-refractivity contribution >= 4 is 11.9 Å². The number of hydrogen-bond acceptors (Lipinski definition) is 6. The van der Waals surface area contributed by atoms with Gasteiger partial charge in [-0.05, 0) is 25.1 Å². The summed E-state index contributed by atoms with van der Waals surface area (Å²) in [6.07, 6.45) is -0.775. The Kier molecular flexibility index (Phi) is 5.17. The van der Waals surface area contributed by atoms with Crippen LogP contribution in [-0.4, -0.2) is 39.4 Å². The third-order valence-electron chi connectivity index (χ3n) is 2.42. The molecule has 0 aliphatic rings. The first kappa shape index (κ1) is 14.8. The standard InChI is InChI=1S/C13H16O6/c1-8(12(14)17-3)19-10-6-5-9(13(15)18-4)7-11(10)16-2/h5-8H,1-4H3. The minimum absolute atomic E-state index is 0.331. The van der Waals surface area contributed by atoms with Crippen LogP contribution in [0.3, 0.4) is 0 Å². The SMILES string of the molecule is COC(=O)c1ccc(OC(C)C(=O)OC)c(OC)c1. The largest absolute Gasteiger partial charge is 0.493 e. The average Bonchev–Trinajstić information content (AvgIpc) is 2.45. The zero-order valence-electron chi connectivity index (χ0n) is 11.3. The molecule has 0 aromatic heterocycles. The Bertz CT molecular complexity index is 468. The second-order valence-corrected chi connectivity index (χ2v) is 3.64. The maximum atomic E-state index is 11.4. The van der Waals surface area contributed by atoms with Crippen molar-refractivity contribution in [2.24, 2.45) is 0 Å². The summed E-state index contributed by atoms with van der Waals surface area (Å²) in [6.45, 7) is 1.56. The van der Waals surface area contributed by atoms with Crippen molar-refractivity contribution in [3.05, 3.63) is 23.8 Å². The molecule has 0 fully saturated rings. The van der Waals surface area contributed by atoms with Crippen LogP contribution in [0.25, 0.3) is 0 Å². The summed E-state index contributed by atoms with van der Waals surface area (Å²) in [5.74, 6) is -0.309. The zero-order chi connectivity index (χ0) is 14.4. The quantitative estimate of drug-likeness (QED) is 0.752. The van der Waals surface area contributed by atoms with E-state index in [0.29, 0.717) is 17.1 Å². The van der Waals surface area contributed by atoms with Gasteiger partial charge in [-0.2, -0.15) is 0 Å². The fraction of sp³-hybridized carbons (Fsp3) is 0.385. The highest BCUT2D eigenvalue weighted by Gasteiger charge is 2.18. The van der Waals surface area contributed by atoms with E-state index >= 15 is 0 Å². The number of carbonyl (C=O) groups excluding carboxylic acids is 2. The van der Waals surface area contributed by atoms with Crippen LogP contribution in [0.1, 0.15) is 17.3 Å². The molecule has 0 amide bonds. The van der Waals surface area contributed by atoms with Gasteiger partial charge in [0.25, 0.3) is 0 Å². The molecule has 0 N–H and O–H groups in total. The van der Waals surface area contributed by atoms with E-state index in [2.05, 4.69) is 9.47 Å². The Labute approximate surface area is 111 Å². The Morgan fingerprint density at radius 3 is 2.26 bits per heavy atom. The molecule has 0 aliphatic heterocycles. The van der Waals surface area contributed by atoms with Gasteiger partial charge in [-0.25, -0.2) is 9.59 Å². The van der Waals surface area contributed by atoms with E-state index in [4.69, 9.17) is 9.47 Å². The molecule has 1 aromatic carbocycles. The molecule has 1 atom stereocenters. The van der Waals surface area contributed by atoms with Crippen molar-refractivity contribution in [3.63, 3.8) is 0 Å². The number of rotatable bonds is 5. The second kappa shape index (κ2) is 6.63. The van der Waals surface area contributed by atoms with Crippen LogP contribution < -0.4 is 9.47 Å². The zero-order valence-corrected chi connectivity index (χ0v) is 11.3. The third-order valence-corrected chi connectivity index (χ3v) is 2.42. The molecule has 6 nitrogen and oxygen atoms in total. The molecule has 0 saturated heterocycles. The first-order chi connectivity index (χ1) is 9.03. The van der Waals surface area contributed by atoms with Crippen LogP contribution in [0.2, 0.25) is 0 Å². The number of benzene rings is 1. The summed E-state index contributed by atoms with van der Waals surface area (Å²) >= 11 is 0. The highest BCUT2D eigenvalue weighted by atomic mass is 16.6. The molecule has 0 radical (unpaired) electrons. The predicted octanol–water partition coefficient (Wildman–Crippen LogP) is 1.42. The molecule has 0 heterocycles. The summed E-state index contributed by atoms with van der Waals surface area (Å²) < 4.78 is 19.7. The van der Waals surface area contributed by atoms with Gasteiger partial charge >= 0.3 is 11.9 Å². The van der Waals surface area contributed by atoms with Gasteiger partial charge in [0.05, 0.1) is 26.9 Å². The van der Waals surface area contributed by atoms with E-state index in [0.717, 1.165) is 0 Å². The van der Waals surface area contributed by atoms with Crippen molar-refractivity contribution in [3.8, 4) is 11.5 Å². The molecule has 1 rings (SSSR count). The smallest absolute Gasteiger partial charge is 0.346 e. The maximum Gasteiger partial charge on any atom is 0.346 e. The third kappa shape index (κ3) is 3.61. The topological polar surface area (TPSA) is 71.1 Å². The first-order valence-electron chi connectivity index (χ1n) is 5.54. The monoisotopic (exact) mass is 268 g/mol. The Morgan fingerprint density at radius 2 is 1.74 bits per heavy atom. The van der Waals surface area contributed by atoms with E-state index in [-0.39, 0.29) is 0 Å². The van der Waals surface area contributed by atoms with E-state index in [1.807, 2.05) is 0 Å². The van der Waals surface area contributed by atoms with Gasteiger partial charge in [-0.15, -0.1) is 0 Å². The molecule has 19 heavy (non-hydrogen) atoms. The molecule has 0 spiro atoms. The maximum absolute atomic E-state index is 11.4. The van der Waals surface area contributed by atoms with E-state index in [9.17, 15) is 9.59 Å². The normalized spacial score (nSPS) is 11.4. The van der Waals surface area contributed by atoms with Gasteiger partial charge in [0.1, 0.15) is 0 Å². The molecular weight excluding hydrogens is 252 g/mol. The highest BCUT2D eigenvalue weighted by molar-refractivity contribution is 5.90. The van der Waals surface area contributed by atoms with Crippen molar-refractivity contribution < 1.29 is 28.5 Å². The van der Waals surface area contributed by atoms with Gasteiger partial charge in [0, 0.05) is 0 Å². The Balaban J connectivity index is 2.96. The predicted molar refractivity (Wildman–Crippen MR) is 66.4 cm³/mol. The Morgan fingerprint density at radius 1 is 1.05 bits per heavy atom. The van der Waals surface area contributed by atoms with Crippen LogP contribution in [0.4, 0.5) is 0 Å². The summed E-state index contributed by atoms with van der Waals surface area (Å²) in [5, 5.41) is 0. The van der Waals surface area contributed by atoms with Gasteiger partial charge < -0.3 is 18.9 Å². The van der Waals surface area contributed by atoms with Crippen LogP contribution in [-0.2, 0) is 14.3 Å². The van der Waals surface area contributed by atoms with E-state index < -0.39 is 18.0 Å². The van der Waals surface area contributed by atoms with Gasteiger partial charge in [0.15, 0.2) is 17.6 Å². The lowest BCUT2D eigenvalue weighted by Gasteiger charge is -2.15. The summed E-state index contributed by atoms with van der Waals surface area (Å²) in [7, 11) is 4.00. The van der Waals surface area contributed by atoms with Gasteiger partial charge in [-0.3, -0.25) is 0 Å². The lowest BCUT2D eigenvalue weighted by molar-refractivity contribution is -0.147. The van der Waals surface area contributed by atoms with E-state index in [1.165, 1.54) is 39.5 Å². The fourth-order valence-corrected chi connectivity index (χ4v) is 1.41. The van der Waals surface area contributed by atoms with Crippen LogP contribution in [0.15, 0.2) is 18.2 Å². The fourth-order valence-electron chi connectivity index (χ4n) is 1.41. The molecule has 6 heteroatoms. The molecular formula is C13H16O6. The lowest BCUT2D eigenvalue weighted by Crippen LogP contribution is -2.25. The Hall–Kier alpha value is -2.24. The van der Waals surface area contributed by atoms with E-state index in [1.54, 1.807) is 6.92 Å². The first-order valence-corrected chi connectivity index (χ1v) is 5.54. The van der Waals surface area contributed by atoms with Crippen molar-refractivity contribution in [2.45, 2.75) is 13.0 Å². The molecule has 1 aromatic rings. The number of hydrogen-bond donors (Lipinski definition) is 0. The van der Waals surface area contributed by atoms with Gasteiger partial charge in [-0.1, -0.05) is 0 Å². The lowest BCUT2D eigenvalue weighted by atomic mass is 10.2. The minimum Gasteiger partial charge on any atom is -0.493 e. The highest BCUT2D eigenvalue weighted by Crippen LogP contribution is 2.29. The van der Waals surface area contributed by atoms with Crippen LogP contribution >= 0.6 is 0 Å². The average molecular weight is 268 g/mol. The van der Waals surface area contributed by atoms with Gasteiger partial charge in [0.2, 0.25) is 0 Å². The van der Waals surface area contributed by atoms with Crippen molar-refractivity contribution in [1.82, 2.24) is 0 Å². The number of methoxy groups -OCH3 is 3. The summed E-state index contributed by atoms with van der Waals surface area (Å²) in [6, 6.07) is 4.53. The molecule has 0 bridgehead atoms. The second-order valence-electron chi connectivity index (χ2n) is 3.64. The van der Waals surface area contributed by atoms with Crippen molar-refractivity contribution in [1.29, 1.82) is 0 Å². The number of esters is 2. The number of ether oxygens (including phenoxy) is 4. The summed E-state index contributed by atoms with van der Waals surface area (Å²) in [4.78, 5) is 22.7. The molecule has 0 saturated carbocycles. The molecule has 0 aliphatic carbocycles. The minimum atomic E-state index is -0.775. The van der Waals surface area contributed by atoms with Crippen molar-refractivity contribution in [2.75, 3.05) is 21.3 Å². The summed E-state index contributed by atoms with van der Waals surface area (Å²) in [5.41, 5.74) is 0.331. The number of carbonyl (C=O) groups is 2. The molecule has 1 unspecified atom stereocenters.